The number of hydrogen-bond donors (Lipinski definition) is 0. The molecule has 0 spiro atoms. The van der Waals surface area contributed by atoms with Gasteiger partial charge in [0.1, 0.15) is 5.82 Å². The van der Waals surface area contributed by atoms with Crippen LogP contribution < -0.4 is 0 Å². The second-order valence-corrected chi connectivity index (χ2v) is 5.16. The van der Waals surface area contributed by atoms with Crippen LogP contribution in [-0.4, -0.2) is 29.2 Å². The van der Waals surface area contributed by atoms with Crippen LogP contribution in [0.15, 0.2) is 18.2 Å². The number of nitrogens with zero attached hydrogens (tertiary/aromatic N) is 1. The van der Waals surface area contributed by atoms with E-state index in [0.29, 0.717) is 24.0 Å². The van der Waals surface area contributed by atoms with Gasteiger partial charge in [0.2, 0.25) is 0 Å². The fourth-order valence-corrected chi connectivity index (χ4v) is 2.28. The third-order valence-electron chi connectivity index (χ3n) is 2.58. The standard InChI is InChI=1S/C13H16BrClFNO/c1-2-3-7-17(8-6-14)13(18)11-5-4-10(16)9-12(11)15/h4-5,9H,2-3,6-8H2,1H3. The van der Waals surface area contributed by atoms with Crippen molar-refractivity contribution in [3.63, 3.8) is 0 Å². The van der Waals surface area contributed by atoms with Crippen LogP contribution in [0.4, 0.5) is 4.39 Å². The summed E-state index contributed by atoms with van der Waals surface area (Å²) in [6, 6.07) is 3.86. The number of unbranched alkanes of at least 4 members (excludes halogenated alkanes) is 1. The monoisotopic (exact) mass is 335 g/mol. The lowest BCUT2D eigenvalue weighted by Crippen LogP contribution is -2.33. The van der Waals surface area contributed by atoms with Crippen molar-refractivity contribution in [2.45, 2.75) is 19.8 Å². The average Bonchev–Trinajstić information content (AvgIpc) is 2.33. The summed E-state index contributed by atoms with van der Waals surface area (Å²) in [4.78, 5) is 14.0. The Balaban J connectivity index is 2.87. The quantitative estimate of drug-likeness (QED) is 0.716. The van der Waals surface area contributed by atoms with Crippen molar-refractivity contribution in [1.82, 2.24) is 4.90 Å². The van der Waals surface area contributed by atoms with Crippen molar-refractivity contribution in [2.24, 2.45) is 0 Å². The van der Waals surface area contributed by atoms with Gasteiger partial charge in [-0.05, 0) is 24.6 Å². The number of alkyl halides is 1. The number of rotatable bonds is 6. The first-order chi connectivity index (χ1) is 8.60. The zero-order chi connectivity index (χ0) is 13.5. The molecule has 1 rings (SSSR count). The molecular weight excluding hydrogens is 321 g/mol. The van der Waals surface area contributed by atoms with Crippen LogP contribution >= 0.6 is 27.5 Å². The van der Waals surface area contributed by atoms with Crippen LogP contribution in [0.25, 0.3) is 0 Å². The maximum Gasteiger partial charge on any atom is 0.255 e. The van der Waals surface area contributed by atoms with E-state index in [1.54, 1.807) is 4.90 Å². The molecule has 18 heavy (non-hydrogen) atoms. The van der Waals surface area contributed by atoms with Gasteiger partial charge in [0.25, 0.3) is 5.91 Å². The Bertz CT molecular complexity index is 414. The summed E-state index contributed by atoms with van der Waals surface area (Å²) >= 11 is 9.23. The number of halogens is 3. The highest BCUT2D eigenvalue weighted by atomic mass is 79.9. The van der Waals surface area contributed by atoms with E-state index < -0.39 is 5.82 Å². The van der Waals surface area contributed by atoms with Gasteiger partial charge in [-0.3, -0.25) is 4.79 Å². The van der Waals surface area contributed by atoms with Crippen molar-refractivity contribution < 1.29 is 9.18 Å². The molecule has 0 bridgehead atoms. The molecule has 1 amide bonds. The minimum Gasteiger partial charge on any atom is -0.338 e. The SMILES string of the molecule is CCCCN(CCBr)C(=O)c1ccc(F)cc1Cl. The van der Waals surface area contributed by atoms with E-state index in [2.05, 4.69) is 22.9 Å². The number of hydrogen-bond acceptors (Lipinski definition) is 1. The van der Waals surface area contributed by atoms with E-state index in [9.17, 15) is 9.18 Å². The summed E-state index contributed by atoms with van der Waals surface area (Å²) < 4.78 is 12.9. The van der Waals surface area contributed by atoms with Crippen molar-refractivity contribution >= 4 is 33.4 Å². The van der Waals surface area contributed by atoms with Crippen molar-refractivity contribution in [3.05, 3.63) is 34.6 Å². The van der Waals surface area contributed by atoms with Gasteiger partial charge < -0.3 is 4.90 Å². The van der Waals surface area contributed by atoms with E-state index >= 15 is 0 Å². The lowest BCUT2D eigenvalue weighted by Gasteiger charge is -2.22. The predicted molar refractivity (Wildman–Crippen MR) is 76.0 cm³/mol. The fraction of sp³-hybridized carbons (Fsp3) is 0.462. The van der Waals surface area contributed by atoms with Crippen LogP contribution in [0.5, 0.6) is 0 Å². The topological polar surface area (TPSA) is 20.3 Å². The molecule has 0 N–H and O–H groups in total. The van der Waals surface area contributed by atoms with Crippen LogP contribution in [-0.2, 0) is 0 Å². The van der Waals surface area contributed by atoms with Crippen LogP contribution in [0.2, 0.25) is 5.02 Å². The van der Waals surface area contributed by atoms with Gasteiger partial charge in [-0.25, -0.2) is 4.39 Å². The predicted octanol–water partition coefficient (Wildman–Crippen LogP) is 4.12. The first-order valence-corrected chi connectivity index (χ1v) is 7.40. The zero-order valence-electron chi connectivity index (χ0n) is 10.3. The van der Waals surface area contributed by atoms with Crippen LogP contribution in [0.1, 0.15) is 30.1 Å². The molecule has 0 radical (unpaired) electrons. The molecule has 0 aliphatic rings. The van der Waals surface area contributed by atoms with E-state index in [-0.39, 0.29) is 10.9 Å². The van der Waals surface area contributed by atoms with Gasteiger partial charge in [-0.2, -0.15) is 0 Å². The Labute approximate surface area is 120 Å². The molecular formula is C13H16BrClFNO. The van der Waals surface area contributed by atoms with E-state index in [0.717, 1.165) is 12.8 Å². The second-order valence-electron chi connectivity index (χ2n) is 3.96. The zero-order valence-corrected chi connectivity index (χ0v) is 12.6. The fourth-order valence-electron chi connectivity index (χ4n) is 1.60. The molecule has 0 heterocycles. The number of benzene rings is 1. The molecule has 0 fully saturated rings. The summed E-state index contributed by atoms with van der Waals surface area (Å²) in [5.74, 6) is -0.579. The summed E-state index contributed by atoms with van der Waals surface area (Å²) in [6.45, 7) is 3.38. The maximum absolute atomic E-state index is 12.9. The molecule has 100 valence electrons. The third kappa shape index (κ3) is 4.25. The smallest absolute Gasteiger partial charge is 0.255 e. The Kier molecular flexibility index (Phi) is 6.65. The Morgan fingerprint density at radius 1 is 1.44 bits per heavy atom. The molecule has 0 saturated carbocycles. The van der Waals surface area contributed by atoms with Crippen LogP contribution in [0.3, 0.4) is 0 Å². The molecule has 0 aliphatic carbocycles. The third-order valence-corrected chi connectivity index (χ3v) is 3.25. The molecule has 0 atom stereocenters. The maximum atomic E-state index is 12.9. The summed E-state index contributed by atoms with van der Waals surface area (Å²) in [6.07, 6.45) is 1.96. The largest absolute Gasteiger partial charge is 0.338 e. The summed E-state index contributed by atoms with van der Waals surface area (Å²) in [5.41, 5.74) is 0.357. The lowest BCUT2D eigenvalue weighted by molar-refractivity contribution is 0.0764. The van der Waals surface area contributed by atoms with Crippen LogP contribution in [0, 0.1) is 5.82 Å². The first kappa shape index (κ1) is 15.4. The van der Waals surface area contributed by atoms with Crippen molar-refractivity contribution in [1.29, 1.82) is 0 Å². The highest BCUT2D eigenvalue weighted by Crippen LogP contribution is 2.19. The number of carbonyl (C=O) groups excluding carboxylic acids is 1. The summed E-state index contributed by atoms with van der Waals surface area (Å²) in [5, 5.41) is 0.873. The molecule has 0 aromatic heterocycles. The lowest BCUT2D eigenvalue weighted by atomic mass is 10.2. The van der Waals surface area contributed by atoms with Gasteiger partial charge in [-0.1, -0.05) is 40.9 Å². The first-order valence-electron chi connectivity index (χ1n) is 5.90. The molecule has 5 heteroatoms. The molecule has 1 aromatic carbocycles. The van der Waals surface area contributed by atoms with Gasteiger partial charge in [-0.15, -0.1) is 0 Å². The van der Waals surface area contributed by atoms with Gasteiger partial charge >= 0.3 is 0 Å². The Hall–Kier alpha value is -0.610. The molecule has 2 nitrogen and oxygen atoms in total. The van der Waals surface area contributed by atoms with Gasteiger partial charge in [0.15, 0.2) is 0 Å². The minimum atomic E-state index is -0.433. The van der Waals surface area contributed by atoms with E-state index in [4.69, 9.17) is 11.6 Å². The highest BCUT2D eigenvalue weighted by Gasteiger charge is 2.17. The highest BCUT2D eigenvalue weighted by molar-refractivity contribution is 9.09. The van der Waals surface area contributed by atoms with E-state index in [1.165, 1.54) is 18.2 Å². The van der Waals surface area contributed by atoms with Gasteiger partial charge in [0, 0.05) is 18.4 Å². The molecule has 0 aliphatic heterocycles. The number of carbonyl (C=O) groups is 1. The Morgan fingerprint density at radius 2 is 2.17 bits per heavy atom. The molecule has 0 saturated heterocycles. The minimum absolute atomic E-state index is 0.145. The average molecular weight is 337 g/mol. The number of amides is 1. The summed E-state index contributed by atoms with van der Waals surface area (Å²) in [7, 11) is 0. The van der Waals surface area contributed by atoms with Crippen molar-refractivity contribution in [2.75, 3.05) is 18.4 Å². The Morgan fingerprint density at radius 3 is 2.72 bits per heavy atom. The van der Waals surface area contributed by atoms with Gasteiger partial charge in [0.05, 0.1) is 10.6 Å². The van der Waals surface area contributed by atoms with E-state index in [1.807, 2.05) is 0 Å². The van der Waals surface area contributed by atoms with Crippen molar-refractivity contribution in [3.8, 4) is 0 Å². The normalized spacial score (nSPS) is 10.4. The second kappa shape index (κ2) is 7.74. The molecule has 0 unspecified atom stereocenters. The molecule has 1 aromatic rings.